The first-order valence-corrected chi connectivity index (χ1v) is 14.8. The topological polar surface area (TPSA) is 270 Å². The minimum Gasteiger partial charge on any atom is -0.393 e. The van der Waals surface area contributed by atoms with Crippen LogP contribution in [-0.2, 0) is 27.1 Å². The van der Waals surface area contributed by atoms with Gasteiger partial charge in [-0.05, 0) is 13.3 Å². The predicted octanol–water partition coefficient (Wildman–Crippen LogP) is 0.495. The monoisotopic (exact) mass is 563 g/mol. The Hall–Kier alpha value is -1.32. The van der Waals surface area contributed by atoms with E-state index in [0.29, 0.717) is 12.8 Å². The van der Waals surface area contributed by atoms with Gasteiger partial charge in [-0.15, -0.1) is 0 Å². The summed E-state index contributed by atoms with van der Waals surface area (Å²) < 4.78 is 48.6. The van der Waals surface area contributed by atoms with Gasteiger partial charge in [-0.1, -0.05) is 13.3 Å². The molecule has 0 amide bonds. The fraction of sp³-hybridized carbons (Fsp3) is 0.667. The van der Waals surface area contributed by atoms with E-state index in [1.807, 2.05) is 6.92 Å². The molecule has 200 valence electrons. The van der Waals surface area contributed by atoms with Crippen LogP contribution in [0.3, 0.4) is 0 Å². The number of hydrogen-bond acceptors (Lipinski definition) is 12. The van der Waals surface area contributed by atoms with Crippen LogP contribution in [0.2, 0.25) is 0 Å². The summed E-state index contributed by atoms with van der Waals surface area (Å²) in [5, 5.41) is 20.8. The Morgan fingerprint density at radius 3 is 2.37 bits per heavy atom. The van der Waals surface area contributed by atoms with Crippen LogP contribution in [0.25, 0.3) is 11.2 Å². The average molecular weight is 563 g/mol. The van der Waals surface area contributed by atoms with E-state index in [1.165, 1.54) is 24.1 Å². The van der Waals surface area contributed by atoms with Gasteiger partial charge in [-0.25, -0.2) is 28.4 Å². The van der Waals surface area contributed by atoms with Crippen LogP contribution in [0.4, 0.5) is 5.82 Å². The van der Waals surface area contributed by atoms with Crippen molar-refractivity contribution in [1.29, 1.82) is 0 Å². The summed E-state index contributed by atoms with van der Waals surface area (Å²) in [7, 11) is -16.1. The summed E-state index contributed by atoms with van der Waals surface area (Å²) in [4.78, 5) is 48.4. The lowest BCUT2D eigenvalue weighted by molar-refractivity contribution is -0.0711. The number of aliphatic hydroxyl groups excluding tert-OH is 1. The molecular formula is C15H28N5O12P3. The Labute approximate surface area is 199 Å². The summed E-state index contributed by atoms with van der Waals surface area (Å²) in [5.74, 6) is -0.549. The molecule has 0 aromatic carbocycles. The van der Waals surface area contributed by atoms with Crippen LogP contribution in [0.5, 0.6) is 0 Å². The molecule has 5 atom stereocenters. The van der Waals surface area contributed by atoms with Crippen molar-refractivity contribution < 1.29 is 56.8 Å². The van der Waals surface area contributed by atoms with Crippen molar-refractivity contribution in [2.75, 3.05) is 25.3 Å². The SMILES string of the molecule is CCCC(COCP(=O)(O)OP(=O)(O)OP(=O)(O)O)[C@@H](n1cnc2c(N)ncnc21)C(C)(O)CO. The number of aromatic nitrogens is 4. The maximum absolute atomic E-state index is 12.1. The molecular weight excluding hydrogens is 535 g/mol. The third-order valence-corrected chi connectivity index (χ3v) is 8.81. The molecule has 8 N–H and O–H groups in total. The Morgan fingerprint density at radius 1 is 1.14 bits per heavy atom. The molecule has 0 aliphatic carbocycles. The van der Waals surface area contributed by atoms with E-state index in [1.54, 1.807) is 0 Å². The standard InChI is InChI=1S/C15H28N5O12P3/c1-3-4-10(5-30-9-33(23,24)31-35(28,29)32-34(25,26)27)12(15(2,22)6-21)20-8-19-11-13(16)17-7-18-14(11)20/h7-8,10,12,21-22H,3-6,9H2,1-2H3,(H,23,24)(H,28,29)(H2,16,17,18)(H2,25,26,27)/t10?,12-,15?/m1/s1. The van der Waals surface area contributed by atoms with Crippen LogP contribution >= 0.6 is 23.2 Å². The molecule has 0 saturated carbocycles. The van der Waals surface area contributed by atoms with E-state index in [9.17, 15) is 33.7 Å². The molecule has 35 heavy (non-hydrogen) atoms. The van der Waals surface area contributed by atoms with E-state index < -0.39 is 53.8 Å². The highest BCUT2D eigenvalue weighted by molar-refractivity contribution is 7.68. The highest BCUT2D eigenvalue weighted by atomic mass is 31.3. The number of aliphatic hydroxyl groups is 2. The molecule has 0 radical (unpaired) electrons. The fourth-order valence-electron chi connectivity index (χ4n) is 3.56. The first-order valence-electron chi connectivity index (χ1n) is 9.98. The largest absolute Gasteiger partial charge is 0.488 e. The number of hydrogen-bond donors (Lipinski definition) is 7. The zero-order chi connectivity index (χ0) is 26.7. The Bertz CT molecular complexity index is 1150. The summed E-state index contributed by atoms with van der Waals surface area (Å²) in [6.07, 6.45) is 2.31. The van der Waals surface area contributed by atoms with Gasteiger partial charge in [0, 0.05) is 5.92 Å². The predicted molar refractivity (Wildman–Crippen MR) is 120 cm³/mol. The Balaban J connectivity index is 2.27. The zero-order valence-corrected chi connectivity index (χ0v) is 21.4. The van der Waals surface area contributed by atoms with Crippen LogP contribution in [0.15, 0.2) is 12.7 Å². The lowest BCUT2D eigenvalue weighted by Crippen LogP contribution is -2.45. The number of rotatable bonds is 14. The van der Waals surface area contributed by atoms with E-state index in [2.05, 4.69) is 23.6 Å². The number of fused-ring (bicyclic) bond motifs is 1. The third-order valence-electron chi connectivity index (χ3n) is 4.78. The van der Waals surface area contributed by atoms with Crippen LogP contribution in [0, 0.1) is 5.92 Å². The molecule has 2 aromatic heterocycles. The highest BCUT2D eigenvalue weighted by Crippen LogP contribution is 2.65. The second-order valence-electron chi connectivity index (χ2n) is 7.85. The highest BCUT2D eigenvalue weighted by Gasteiger charge is 2.42. The minimum atomic E-state index is -5.60. The van der Waals surface area contributed by atoms with Crippen molar-refractivity contribution in [3.63, 3.8) is 0 Å². The number of nitrogens with zero attached hydrogens (tertiary/aromatic N) is 4. The van der Waals surface area contributed by atoms with Gasteiger partial charge in [0.15, 0.2) is 11.5 Å². The average Bonchev–Trinajstić information content (AvgIpc) is 3.10. The van der Waals surface area contributed by atoms with Gasteiger partial charge in [0.05, 0.1) is 25.6 Å². The molecule has 0 bridgehead atoms. The van der Waals surface area contributed by atoms with Gasteiger partial charge < -0.3 is 44.8 Å². The van der Waals surface area contributed by atoms with Crippen molar-refractivity contribution in [2.24, 2.45) is 5.92 Å². The normalized spacial score (nSPS) is 19.5. The first-order chi connectivity index (χ1) is 16.0. The van der Waals surface area contributed by atoms with Crippen molar-refractivity contribution in [3.8, 4) is 0 Å². The van der Waals surface area contributed by atoms with Crippen LogP contribution < -0.4 is 5.73 Å². The second-order valence-corrected chi connectivity index (χ2v) is 12.6. The van der Waals surface area contributed by atoms with Gasteiger partial charge in [-0.2, -0.15) is 4.31 Å². The molecule has 2 heterocycles. The third kappa shape index (κ3) is 8.35. The lowest BCUT2D eigenvalue weighted by Gasteiger charge is -2.38. The summed E-state index contributed by atoms with van der Waals surface area (Å²) in [5.41, 5.74) is 4.57. The van der Waals surface area contributed by atoms with Gasteiger partial charge >= 0.3 is 23.2 Å². The van der Waals surface area contributed by atoms with E-state index in [0.717, 1.165) is 0 Å². The second kappa shape index (κ2) is 11.4. The molecule has 4 unspecified atom stereocenters. The number of ether oxygens (including phenoxy) is 1. The Kier molecular flexibility index (Phi) is 9.73. The number of anilines is 1. The summed E-state index contributed by atoms with van der Waals surface area (Å²) >= 11 is 0. The van der Waals surface area contributed by atoms with Crippen molar-refractivity contribution in [2.45, 2.75) is 38.3 Å². The van der Waals surface area contributed by atoms with E-state index >= 15 is 0 Å². The molecule has 20 heteroatoms. The smallest absolute Gasteiger partial charge is 0.393 e. The van der Waals surface area contributed by atoms with E-state index in [-0.39, 0.29) is 23.6 Å². The number of phosphoric acid groups is 2. The quantitative estimate of drug-likeness (QED) is 0.154. The maximum Gasteiger partial charge on any atom is 0.488 e. The van der Waals surface area contributed by atoms with Crippen molar-refractivity contribution in [1.82, 2.24) is 19.5 Å². The van der Waals surface area contributed by atoms with Gasteiger partial charge in [0.2, 0.25) is 0 Å². The minimum absolute atomic E-state index is 0.0868. The number of nitrogens with two attached hydrogens (primary N) is 1. The maximum atomic E-state index is 12.1. The van der Waals surface area contributed by atoms with Crippen LogP contribution in [0.1, 0.15) is 32.7 Å². The summed E-state index contributed by atoms with van der Waals surface area (Å²) in [6, 6.07) is -0.937. The lowest BCUT2D eigenvalue weighted by atomic mass is 9.83. The fourth-order valence-corrected chi connectivity index (χ4v) is 6.84. The van der Waals surface area contributed by atoms with E-state index in [4.69, 9.17) is 20.3 Å². The summed E-state index contributed by atoms with van der Waals surface area (Å²) in [6.45, 7) is 2.18. The van der Waals surface area contributed by atoms with Gasteiger partial charge in [0.25, 0.3) is 0 Å². The molecule has 2 aromatic rings. The Morgan fingerprint density at radius 2 is 1.80 bits per heavy atom. The van der Waals surface area contributed by atoms with Gasteiger partial charge in [-0.3, -0.25) is 4.57 Å². The molecule has 0 saturated heterocycles. The molecule has 2 rings (SSSR count). The number of nitrogen functional groups attached to an aromatic ring is 1. The van der Waals surface area contributed by atoms with Crippen LogP contribution in [-0.4, -0.2) is 74.5 Å². The van der Waals surface area contributed by atoms with Crippen molar-refractivity contribution in [3.05, 3.63) is 12.7 Å². The molecule has 0 spiro atoms. The molecule has 0 fully saturated rings. The first kappa shape index (κ1) is 29.9. The van der Waals surface area contributed by atoms with Gasteiger partial charge in [0.1, 0.15) is 23.8 Å². The number of imidazole rings is 1. The molecule has 0 aliphatic heterocycles. The van der Waals surface area contributed by atoms with Crippen molar-refractivity contribution >= 4 is 40.2 Å². The molecule has 0 aliphatic rings. The zero-order valence-electron chi connectivity index (χ0n) is 18.7. The molecule has 17 nitrogen and oxygen atoms in total.